The highest BCUT2D eigenvalue weighted by Crippen LogP contribution is 2.05. The standard InChI is InChI=1S/C8H9ClN2O.C2H6/c1-10-8(12)4-6-2-3-7(9)11-5-6;1-2/h2-3,5H,4H2,1H3,(H,10,12);1-2H3. The molecule has 14 heavy (non-hydrogen) atoms. The van der Waals surface area contributed by atoms with Crippen LogP contribution in [0.25, 0.3) is 0 Å². The topological polar surface area (TPSA) is 42.0 Å². The highest BCUT2D eigenvalue weighted by Gasteiger charge is 2.00. The summed E-state index contributed by atoms with van der Waals surface area (Å²) in [6, 6.07) is 3.45. The maximum atomic E-state index is 10.9. The summed E-state index contributed by atoms with van der Waals surface area (Å²) in [6.07, 6.45) is 1.94. The SMILES string of the molecule is CC.CNC(=O)Cc1ccc(Cl)nc1. The number of nitrogens with zero attached hydrogens (tertiary/aromatic N) is 1. The molecular formula is C10H15ClN2O. The molecule has 0 aliphatic heterocycles. The van der Waals surface area contributed by atoms with Crippen molar-refractivity contribution in [1.82, 2.24) is 10.3 Å². The lowest BCUT2D eigenvalue weighted by atomic mass is 10.2. The fourth-order valence-electron chi connectivity index (χ4n) is 0.785. The molecule has 3 nitrogen and oxygen atoms in total. The fraction of sp³-hybridized carbons (Fsp3) is 0.400. The van der Waals surface area contributed by atoms with Crippen LogP contribution in [0, 0.1) is 0 Å². The predicted octanol–water partition coefficient (Wildman–Crippen LogP) is 2.05. The van der Waals surface area contributed by atoms with Crippen LogP contribution in [0.4, 0.5) is 0 Å². The second-order valence-electron chi connectivity index (χ2n) is 2.34. The zero-order valence-electron chi connectivity index (χ0n) is 8.67. The maximum absolute atomic E-state index is 10.9. The lowest BCUT2D eigenvalue weighted by Crippen LogP contribution is -2.19. The summed E-state index contributed by atoms with van der Waals surface area (Å²) in [4.78, 5) is 14.7. The molecule has 1 N–H and O–H groups in total. The molecule has 0 bridgehead atoms. The number of rotatable bonds is 2. The zero-order valence-corrected chi connectivity index (χ0v) is 9.43. The van der Waals surface area contributed by atoms with Crippen molar-refractivity contribution < 1.29 is 4.79 Å². The summed E-state index contributed by atoms with van der Waals surface area (Å²) in [5.41, 5.74) is 0.860. The monoisotopic (exact) mass is 214 g/mol. The van der Waals surface area contributed by atoms with Gasteiger partial charge in [-0.25, -0.2) is 4.98 Å². The van der Waals surface area contributed by atoms with Crippen molar-refractivity contribution in [3.05, 3.63) is 29.0 Å². The molecule has 0 unspecified atom stereocenters. The van der Waals surface area contributed by atoms with Crippen molar-refractivity contribution in [1.29, 1.82) is 0 Å². The van der Waals surface area contributed by atoms with Gasteiger partial charge in [-0.15, -0.1) is 0 Å². The lowest BCUT2D eigenvalue weighted by Gasteiger charge is -1.98. The van der Waals surface area contributed by atoms with Crippen molar-refractivity contribution >= 4 is 17.5 Å². The van der Waals surface area contributed by atoms with Crippen molar-refractivity contribution in [3.8, 4) is 0 Å². The van der Waals surface area contributed by atoms with Gasteiger partial charge in [-0.05, 0) is 11.6 Å². The number of nitrogens with one attached hydrogen (secondary N) is 1. The molecule has 1 aromatic heterocycles. The van der Waals surface area contributed by atoms with Crippen LogP contribution in [0.3, 0.4) is 0 Å². The fourth-order valence-corrected chi connectivity index (χ4v) is 0.897. The molecule has 0 aromatic carbocycles. The van der Waals surface area contributed by atoms with Crippen molar-refractivity contribution in [2.75, 3.05) is 7.05 Å². The second-order valence-corrected chi connectivity index (χ2v) is 2.73. The van der Waals surface area contributed by atoms with Gasteiger partial charge in [-0.2, -0.15) is 0 Å². The first-order valence-corrected chi connectivity index (χ1v) is 4.91. The number of carbonyl (C=O) groups is 1. The van der Waals surface area contributed by atoms with Crippen molar-refractivity contribution in [2.45, 2.75) is 20.3 Å². The van der Waals surface area contributed by atoms with E-state index >= 15 is 0 Å². The van der Waals surface area contributed by atoms with Gasteiger partial charge in [-0.3, -0.25) is 4.79 Å². The van der Waals surface area contributed by atoms with Gasteiger partial charge in [0.2, 0.25) is 5.91 Å². The molecule has 4 heteroatoms. The van der Waals surface area contributed by atoms with Crippen LogP contribution in [0.5, 0.6) is 0 Å². The Morgan fingerprint density at radius 3 is 2.57 bits per heavy atom. The smallest absolute Gasteiger partial charge is 0.224 e. The molecule has 0 aliphatic carbocycles. The molecule has 0 atom stereocenters. The third-order valence-electron chi connectivity index (χ3n) is 1.43. The first-order valence-electron chi connectivity index (χ1n) is 4.53. The van der Waals surface area contributed by atoms with E-state index in [4.69, 9.17) is 11.6 Å². The first-order chi connectivity index (χ1) is 6.72. The van der Waals surface area contributed by atoms with Gasteiger partial charge >= 0.3 is 0 Å². The average molecular weight is 215 g/mol. The third-order valence-corrected chi connectivity index (χ3v) is 1.66. The number of halogens is 1. The van der Waals surface area contributed by atoms with Gasteiger partial charge in [0, 0.05) is 13.2 Å². The van der Waals surface area contributed by atoms with E-state index in [9.17, 15) is 4.79 Å². The van der Waals surface area contributed by atoms with E-state index in [1.807, 2.05) is 13.8 Å². The van der Waals surface area contributed by atoms with Crippen LogP contribution in [-0.4, -0.2) is 17.9 Å². The molecule has 1 rings (SSSR count). The largest absolute Gasteiger partial charge is 0.359 e. The molecule has 0 saturated carbocycles. The number of likely N-dealkylation sites (N-methyl/N-ethyl adjacent to an activating group) is 1. The van der Waals surface area contributed by atoms with Gasteiger partial charge in [0.25, 0.3) is 0 Å². The van der Waals surface area contributed by atoms with Crippen LogP contribution in [0.2, 0.25) is 5.15 Å². The van der Waals surface area contributed by atoms with Gasteiger partial charge in [-0.1, -0.05) is 31.5 Å². The Hall–Kier alpha value is -1.09. The van der Waals surface area contributed by atoms with E-state index in [2.05, 4.69) is 10.3 Å². The van der Waals surface area contributed by atoms with Crippen LogP contribution in [0.1, 0.15) is 19.4 Å². The second kappa shape index (κ2) is 7.33. The number of amides is 1. The predicted molar refractivity (Wildman–Crippen MR) is 58.4 cm³/mol. The first kappa shape index (κ1) is 12.9. The number of pyridine rings is 1. The average Bonchev–Trinajstić information content (AvgIpc) is 2.24. The molecule has 0 spiro atoms. The molecule has 78 valence electrons. The highest BCUT2D eigenvalue weighted by atomic mass is 35.5. The van der Waals surface area contributed by atoms with E-state index in [1.54, 1.807) is 25.4 Å². The van der Waals surface area contributed by atoms with Crippen molar-refractivity contribution in [3.63, 3.8) is 0 Å². The molecule has 0 aliphatic rings. The van der Waals surface area contributed by atoms with Crippen LogP contribution in [-0.2, 0) is 11.2 Å². The third kappa shape index (κ3) is 4.82. The maximum Gasteiger partial charge on any atom is 0.224 e. The van der Waals surface area contributed by atoms with Crippen molar-refractivity contribution in [2.24, 2.45) is 0 Å². The van der Waals surface area contributed by atoms with Crippen LogP contribution < -0.4 is 5.32 Å². The number of aromatic nitrogens is 1. The van der Waals surface area contributed by atoms with E-state index in [-0.39, 0.29) is 5.91 Å². The molecule has 1 heterocycles. The van der Waals surface area contributed by atoms with Crippen LogP contribution >= 0.6 is 11.6 Å². The molecule has 0 fully saturated rings. The van der Waals surface area contributed by atoms with E-state index < -0.39 is 0 Å². The molecule has 1 aromatic rings. The molecule has 1 amide bonds. The molecule has 0 saturated heterocycles. The summed E-state index contributed by atoms with van der Waals surface area (Å²) >= 11 is 5.57. The minimum Gasteiger partial charge on any atom is -0.359 e. The Kier molecular flexibility index (Phi) is 6.76. The summed E-state index contributed by atoms with van der Waals surface area (Å²) in [7, 11) is 1.60. The normalized spacial score (nSPS) is 8.57. The van der Waals surface area contributed by atoms with E-state index in [0.717, 1.165) is 5.56 Å². The number of hydrogen-bond donors (Lipinski definition) is 1. The quantitative estimate of drug-likeness (QED) is 0.766. The van der Waals surface area contributed by atoms with Gasteiger partial charge in [0.1, 0.15) is 5.15 Å². The number of carbonyl (C=O) groups excluding carboxylic acids is 1. The van der Waals surface area contributed by atoms with Gasteiger partial charge < -0.3 is 5.32 Å². The number of hydrogen-bond acceptors (Lipinski definition) is 2. The highest BCUT2D eigenvalue weighted by molar-refractivity contribution is 6.29. The molecular weight excluding hydrogens is 200 g/mol. The summed E-state index contributed by atoms with van der Waals surface area (Å²) < 4.78 is 0. The Labute approximate surface area is 89.5 Å². The van der Waals surface area contributed by atoms with E-state index in [0.29, 0.717) is 11.6 Å². The van der Waals surface area contributed by atoms with Gasteiger partial charge in [0.05, 0.1) is 6.42 Å². The molecule has 0 radical (unpaired) electrons. The lowest BCUT2D eigenvalue weighted by molar-refractivity contribution is -0.119. The van der Waals surface area contributed by atoms with E-state index in [1.165, 1.54) is 0 Å². The summed E-state index contributed by atoms with van der Waals surface area (Å²) in [6.45, 7) is 4.00. The summed E-state index contributed by atoms with van der Waals surface area (Å²) in [5, 5.41) is 2.97. The van der Waals surface area contributed by atoms with Gasteiger partial charge in [0.15, 0.2) is 0 Å². The zero-order chi connectivity index (χ0) is 11.0. The summed E-state index contributed by atoms with van der Waals surface area (Å²) in [5.74, 6) is -0.0286. The van der Waals surface area contributed by atoms with Crippen LogP contribution in [0.15, 0.2) is 18.3 Å². The Morgan fingerprint density at radius 2 is 2.14 bits per heavy atom. The Balaban J connectivity index is 0.000000791. The minimum atomic E-state index is -0.0286. The Morgan fingerprint density at radius 1 is 1.50 bits per heavy atom. The minimum absolute atomic E-state index is 0.0286. The Bertz CT molecular complexity index is 272.